The van der Waals surface area contributed by atoms with E-state index in [4.69, 9.17) is 0 Å². The van der Waals surface area contributed by atoms with Crippen LogP contribution in [0.4, 0.5) is 5.82 Å². The van der Waals surface area contributed by atoms with Crippen LogP contribution in [0.5, 0.6) is 0 Å². The lowest BCUT2D eigenvalue weighted by atomic mass is 10.1. The van der Waals surface area contributed by atoms with Gasteiger partial charge in [0.05, 0.1) is 5.69 Å². The third kappa shape index (κ3) is 1.50. The lowest BCUT2D eigenvalue weighted by molar-refractivity contribution is 0.601. The lowest BCUT2D eigenvalue weighted by Crippen LogP contribution is -2.38. The van der Waals surface area contributed by atoms with Crippen molar-refractivity contribution in [2.24, 2.45) is 0 Å². The molecule has 2 aliphatic heterocycles. The summed E-state index contributed by atoms with van der Waals surface area (Å²) >= 11 is 1.62. The summed E-state index contributed by atoms with van der Waals surface area (Å²) in [6.45, 7) is 4.12. The minimum absolute atomic E-state index is 0.895. The molecule has 0 radical (unpaired) electrons. The molecule has 80 valence electrons. The van der Waals surface area contributed by atoms with Crippen LogP contribution in [0.3, 0.4) is 0 Å². The second-order valence-corrected chi connectivity index (χ2v) is 4.68. The maximum Gasteiger partial charge on any atom is 0.189 e. The predicted molar refractivity (Wildman–Crippen MR) is 61.2 cm³/mol. The predicted octanol–water partition coefficient (Wildman–Crippen LogP) is 1.01. The van der Waals surface area contributed by atoms with Gasteiger partial charge in [0.2, 0.25) is 0 Å². The molecular weight excluding hydrogens is 208 g/mol. The van der Waals surface area contributed by atoms with Crippen molar-refractivity contribution in [3.63, 3.8) is 0 Å². The molecule has 5 heteroatoms. The molecule has 1 aromatic heterocycles. The molecule has 0 amide bonds. The van der Waals surface area contributed by atoms with E-state index in [1.54, 1.807) is 11.8 Å². The van der Waals surface area contributed by atoms with Gasteiger partial charge >= 0.3 is 0 Å². The number of rotatable bonds is 2. The highest BCUT2D eigenvalue weighted by atomic mass is 32.2. The lowest BCUT2D eigenvalue weighted by Gasteiger charge is -2.33. The maximum absolute atomic E-state index is 4.62. The fourth-order valence-corrected chi connectivity index (χ4v) is 2.39. The van der Waals surface area contributed by atoms with Crippen LogP contribution >= 0.6 is 11.8 Å². The van der Waals surface area contributed by atoms with Crippen molar-refractivity contribution in [2.45, 2.75) is 24.7 Å². The van der Waals surface area contributed by atoms with Gasteiger partial charge in [-0.15, -0.1) is 0 Å². The molecule has 0 aromatic carbocycles. The first-order chi connectivity index (χ1) is 7.38. The van der Waals surface area contributed by atoms with Crippen LogP contribution in [-0.2, 0) is 13.1 Å². The van der Waals surface area contributed by atoms with E-state index in [1.807, 2.05) is 6.26 Å². The second kappa shape index (κ2) is 3.64. The van der Waals surface area contributed by atoms with E-state index in [2.05, 4.69) is 20.2 Å². The van der Waals surface area contributed by atoms with Crippen LogP contribution in [0.25, 0.3) is 0 Å². The van der Waals surface area contributed by atoms with Crippen molar-refractivity contribution in [3.05, 3.63) is 11.3 Å². The second-order valence-electron chi connectivity index (χ2n) is 3.90. The summed E-state index contributed by atoms with van der Waals surface area (Å²) in [5.74, 6) is 1.17. The average Bonchev–Trinajstić information content (AvgIpc) is 2.62. The molecule has 0 bridgehead atoms. The smallest absolute Gasteiger partial charge is 0.189 e. The normalized spacial score (nSPS) is 18.9. The Bertz CT molecular complexity index is 389. The largest absolute Gasteiger partial charge is 0.356 e. The van der Waals surface area contributed by atoms with Crippen LogP contribution in [-0.4, -0.2) is 29.3 Å². The Morgan fingerprint density at radius 3 is 2.80 bits per heavy atom. The molecule has 4 nitrogen and oxygen atoms in total. The first kappa shape index (κ1) is 9.42. The highest BCUT2D eigenvalue weighted by Crippen LogP contribution is 2.29. The third-order valence-corrected chi connectivity index (χ3v) is 3.53. The zero-order chi connectivity index (χ0) is 10.3. The SMILES string of the molecule is CSc1nc2c(c(N3CCC3)n1)CNC2. The number of hydrogen-bond acceptors (Lipinski definition) is 5. The van der Waals surface area contributed by atoms with E-state index in [1.165, 1.54) is 23.5 Å². The zero-order valence-electron chi connectivity index (χ0n) is 8.79. The summed E-state index contributed by atoms with van der Waals surface area (Å²) in [7, 11) is 0. The van der Waals surface area contributed by atoms with Crippen LogP contribution in [0.15, 0.2) is 5.16 Å². The summed E-state index contributed by atoms with van der Waals surface area (Å²) in [6.07, 6.45) is 3.32. The van der Waals surface area contributed by atoms with E-state index in [-0.39, 0.29) is 0 Å². The Hall–Kier alpha value is -0.810. The van der Waals surface area contributed by atoms with Crippen molar-refractivity contribution >= 4 is 17.6 Å². The molecule has 1 fully saturated rings. The molecule has 0 spiro atoms. The molecule has 0 saturated carbocycles. The van der Waals surface area contributed by atoms with Crippen molar-refractivity contribution in [1.82, 2.24) is 15.3 Å². The number of nitrogens with zero attached hydrogens (tertiary/aromatic N) is 3. The standard InChI is InChI=1S/C10H14N4S/c1-15-10-12-8-6-11-5-7(8)9(13-10)14-3-2-4-14/h11H,2-6H2,1H3. The fraction of sp³-hybridized carbons (Fsp3) is 0.600. The van der Waals surface area contributed by atoms with E-state index in [9.17, 15) is 0 Å². The number of aromatic nitrogens is 2. The summed E-state index contributed by atoms with van der Waals surface area (Å²) in [6, 6.07) is 0. The molecule has 3 rings (SSSR count). The average molecular weight is 222 g/mol. The van der Waals surface area contributed by atoms with Crippen molar-refractivity contribution in [3.8, 4) is 0 Å². The highest BCUT2D eigenvalue weighted by molar-refractivity contribution is 7.98. The number of nitrogens with one attached hydrogen (secondary N) is 1. The molecule has 15 heavy (non-hydrogen) atoms. The number of fused-ring (bicyclic) bond motifs is 1. The van der Waals surface area contributed by atoms with Gasteiger partial charge in [0, 0.05) is 31.7 Å². The van der Waals surface area contributed by atoms with Crippen LogP contribution < -0.4 is 10.2 Å². The Balaban J connectivity index is 2.06. The number of anilines is 1. The monoisotopic (exact) mass is 222 g/mol. The molecule has 0 atom stereocenters. The Labute approximate surface area is 93.5 Å². The first-order valence-corrected chi connectivity index (χ1v) is 6.50. The minimum Gasteiger partial charge on any atom is -0.356 e. The van der Waals surface area contributed by atoms with Gasteiger partial charge in [-0.1, -0.05) is 11.8 Å². The molecule has 0 aliphatic carbocycles. The summed E-state index contributed by atoms with van der Waals surface area (Å²) in [4.78, 5) is 11.5. The number of thioether (sulfide) groups is 1. The molecular formula is C10H14N4S. The van der Waals surface area contributed by atoms with Gasteiger partial charge in [-0.25, -0.2) is 9.97 Å². The van der Waals surface area contributed by atoms with E-state index < -0.39 is 0 Å². The fourth-order valence-electron chi connectivity index (χ4n) is 2.01. The van der Waals surface area contributed by atoms with Gasteiger partial charge in [-0.2, -0.15) is 0 Å². The molecule has 3 heterocycles. The molecule has 1 N–H and O–H groups in total. The molecule has 1 aromatic rings. The molecule has 0 unspecified atom stereocenters. The van der Waals surface area contributed by atoms with Crippen LogP contribution in [0.2, 0.25) is 0 Å². The van der Waals surface area contributed by atoms with Gasteiger partial charge in [0.15, 0.2) is 5.16 Å². The maximum atomic E-state index is 4.62. The van der Waals surface area contributed by atoms with Gasteiger partial charge in [-0.3, -0.25) is 0 Å². The zero-order valence-corrected chi connectivity index (χ0v) is 9.60. The van der Waals surface area contributed by atoms with Gasteiger partial charge < -0.3 is 10.2 Å². The number of hydrogen-bond donors (Lipinski definition) is 1. The summed E-state index contributed by atoms with van der Waals surface area (Å²) < 4.78 is 0. The topological polar surface area (TPSA) is 41.1 Å². The minimum atomic E-state index is 0.895. The van der Waals surface area contributed by atoms with Crippen molar-refractivity contribution in [2.75, 3.05) is 24.2 Å². The van der Waals surface area contributed by atoms with Crippen LogP contribution in [0.1, 0.15) is 17.7 Å². The quantitative estimate of drug-likeness (QED) is 0.597. The van der Waals surface area contributed by atoms with Gasteiger partial charge in [0.1, 0.15) is 5.82 Å². The first-order valence-electron chi connectivity index (χ1n) is 5.28. The van der Waals surface area contributed by atoms with Crippen molar-refractivity contribution < 1.29 is 0 Å². The highest BCUT2D eigenvalue weighted by Gasteiger charge is 2.25. The van der Waals surface area contributed by atoms with Gasteiger partial charge in [-0.05, 0) is 12.7 Å². The molecule has 1 saturated heterocycles. The van der Waals surface area contributed by atoms with E-state index in [0.29, 0.717) is 0 Å². The summed E-state index contributed by atoms with van der Waals surface area (Å²) in [5.41, 5.74) is 2.50. The van der Waals surface area contributed by atoms with Crippen LogP contribution in [0, 0.1) is 0 Å². The summed E-state index contributed by atoms with van der Waals surface area (Å²) in [5, 5.41) is 4.25. The Morgan fingerprint density at radius 2 is 2.13 bits per heavy atom. The Kier molecular flexibility index (Phi) is 2.29. The van der Waals surface area contributed by atoms with E-state index >= 15 is 0 Å². The van der Waals surface area contributed by atoms with Gasteiger partial charge in [0.25, 0.3) is 0 Å². The van der Waals surface area contributed by atoms with Crippen molar-refractivity contribution in [1.29, 1.82) is 0 Å². The molecule has 2 aliphatic rings. The van der Waals surface area contributed by atoms with E-state index in [0.717, 1.165) is 31.3 Å². The Morgan fingerprint density at radius 1 is 1.27 bits per heavy atom. The third-order valence-electron chi connectivity index (χ3n) is 2.98.